The lowest BCUT2D eigenvalue weighted by Gasteiger charge is -2.48. The van der Waals surface area contributed by atoms with E-state index >= 15 is 19.2 Å². The maximum absolute atomic E-state index is 15.6. The molecule has 35 heteroatoms. The standard InChI is InChI=1S/C79H95Cl3N10O22/c1-33(2)20-48(85-5)73(104)91-63-65(99)39-13-18-53(46(81)22-39)110-55-24-41-25-56(69(55)114-78-70(68(102)67(101)57(32-94)112-78)113-59-29-79(4,71(103)34(3)109-59)86-30-35-6-8-36(9-7-35)37-10-15-42(80)16-11-37)111-54-19-14-40(23-47(54)82)66(100)64-77(108)88-50(31-93)44-26-43(95)27-52(97)60(44)45-21-38(12-17-51(45)96)62(75(106)92-64)89-72(84)61(41)90-74(105)49(28-58(83)98)87-76(63)107/h6-12,14-17,19,22,24-26,33-34,43,45,47-50,57,59,61-68,70-71,78,85-86,93-97,99-103H,13,18,20-21,23,27-32H2,1-5H3,(H2,83,98)(H2,84,89)(H,87,107)(H,88,108)(H,90,105)(H,91,104)(H,92,106)/t34?,43?,45?,47?,48-,49+,50-,57?,59+,61-,62-,63-,64+,65-,66-,67?,68+,70?,71-,78-,79?/m1/s1. The lowest BCUT2D eigenvalue weighted by atomic mass is 9.75. The number of aliphatic imine (C=N–C) groups is 1. The fourth-order valence-electron chi connectivity index (χ4n) is 15.5. The third-order valence-electron chi connectivity index (χ3n) is 21.8. The molecule has 6 amide bonds. The van der Waals surface area contributed by atoms with Crippen molar-refractivity contribution in [1.29, 1.82) is 0 Å². The Labute approximate surface area is 670 Å². The Bertz CT molecular complexity index is 4490. The molecule has 3 saturated heterocycles. The number of allylic oxidation sites excluding steroid dienone is 9. The summed E-state index contributed by atoms with van der Waals surface area (Å²) < 4.78 is 40.1. The second kappa shape index (κ2) is 35.8. The summed E-state index contributed by atoms with van der Waals surface area (Å²) in [5.74, 6) is -11.2. The van der Waals surface area contributed by atoms with E-state index in [1.165, 1.54) is 55.6 Å². The molecule has 114 heavy (non-hydrogen) atoms. The third kappa shape index (κ3) is 18.5. The quantitative estimate of drug-likeness (QED) is 0.0859. The van der Waals surface area contributed by atoms with Gasteiger partial charge in [0, 0.05) is 47.9 Å². The summed E-state index contributed by atoms with van der Waals surface area (Å²) in [5.41, 5.74) is 14.4. The number of halogens is 3. The molecule has 21 N–H and O–H groups in total. The molecule has 11 bridgehead atoms. The maximum Gasteiger partial charge on any atom is 0.249 e. The zero-order valence-corrected chi connectivity index (χ0v) is 65.0. The van der Waals surface area contributed by atoms with Gasteiger partial charge in [-0.25, -0.2) is 0 Å². The molecule has 32 nitrogen and oxygen atoms in total. The maximum atomic E-state index is 15.6. The molecule has 3 aromatic carbocycles. The van der Waals surface area contributed by atoms with E-state index < -0.39 is 223 Å². The van der Waals surface area contributed by atoms with Gasteiger partial charge in [-0.1, -0.05) is 85.6 Å². The number of likely N-dealkylation sites (N-methyl/N-ethyl adjacent to an activating group) is 1. The van der Waals surface area contributed by atoms with Gasteiger partial charge in [0.25, 0.3) is 0 Å². The highest BCUT2D eigenvalue weighted by atomic mass is 35.5. The summed E-state index contributed by atoms with van der Waals surface area (Å²) >= 11 is 20.8. The number of nitrogens with two attached hydrogens (primary N) is 2. The minimum absolute atomic E-state index is 0.00737. The van der Waals surface area contributed by atoms with Crippen molar-refractivity contribution in [3.8, 4) is 28.4 Å². The average molecular weight is 1640 g/mol. The molecule has 4 aliphatic carbocycles. The number of carbonyl (C=O) groups is 6. The number of rotatable bonds is 17. The molecule has 0 spiro atoms. The van der Waals surface area contributed by atoms with Crippen LogP contribution < -0.4 is 62.9 Å². The van der Waals surface area contributed by atoms with Crippen LogP contribution in [0.2, 0.25) is 5.02 Å². The number of hydrogen-bond donors (Lipinski definition) is 19. The van der Waals surface area contributed by atoms with Gasteiger partial charge in [0.15, 0.2) is 29.9 Å². The number of aliphatic hydroxyl groups excluding tert-OH is 10. The van der Waals surface area contributed by atoms with Crippen molar-refractivity contribution in [2.24, 2.45) is 28.3 Å². The first-order chi connectivity index (χ1) is 54.2. The predicted molar refractivity (Wildman–Crippen MR) is 413 cm³/mol. The molecule has 3 aromatic rings. The molecule has 0 saturated carbocycles. The first-order valence-corrected chi connectivity index (χ1v) is 38.7. The smallest absolute Gasteiger partial charge is 0.249 e. The van der Waals surface area contributed by atoms with Crippen LogP contribution in [-0.2, 0) is 49.5 Å². The molecule has 0 radical (unpaired) electrons. The van der Waals surface area contributed by atoms with Crippen molar-refractivity contribution in [2.75, 3.05) is 20.3 Å². The fourth-order valence-corrected chi connectivity index (χ4v) is 16.2. The van der Waals surface area contributed by atoms with Gasteiger partial charge in [0.1, 0.15) is 77.8 Å². The molecule has 14 rings (SSSR count). The van der Waals surface area contributed by atoms with E-state index in [-0.39, 0.29) is 100 Å². The lowest BCUT2D eigenvalue weighted by Crippen LogP contribution is -2.65. The predicted octanol–water partition coefficient (Wildman–Crippen LogP) is 1.98. The summed E-state index contributed by atoms with van der Waals surface area (Å²) in [5, 5.41) is 136. The number of amides is 6. The Balaban J connectivity index is 1.03. The Hall–Kier alpha value is -8.78. The van der Waals surface area contributed by atoms with Crippen molar-refractivity contribution < 1.29 is 108 Å². The summed E-state index contributed by atoms with van der Waals surface area (Å²) in [6, 6.07) is 5.26. The van der Waals surface area contributed by atoms with Crippen molar-refractivity contribution in [2.45, 2.75) is 206 Å². The number of ether oxygens (including phenoxy) is 6. The molecule has 614 valence electrons. The zero-order chi connectivity index (χ0) is 82.0. The average Bonchev–Trinajstić information content (AvgIpc) is 0.770. The molecule has 7 heterocycles. The summed E-state index contributed by atoms with van der Waals surface area (Å²) in [6.45, 7) is 5.50. The summed E-state index contributed by atoms with van der Waals surface area (Å²) in [4.78, 5) is 93.6. The van der Waals surface area contributed by atoms with Gasteiger partial charge >= 0.3 is 0 Å². The number of hydrogen-bond acceptors (Lipinski definition) is 26. The number of aliphatic hydroxyl groups is 10. The Morgan fingerprint density at radius 2 is 1.46 bits per heavy atom. The number of alkyl halides is 1. The highest BCUT2D eigenvalue weighted by Gasteiger charge is 2.53. The minimum atomic E-state index is -2.03. The van der Waals surface area contributed by atoms with Crippen LogP contribution in [0.5, 0.6) is 17.2 Å². The van der Waals surface area contributed by atoms with Crippen LogP contribution in [0.1, 0.15) is 96.2 Å². The second-order valence-corrected chi connectivity index (χ2v) is 31.8. The van der Waals surface area contributed by atoms with Gasteiger partial charge in [0.2, 0.25) is 47.5 Å². The van der Waals surface area contributed by atoms with Gasteiger partial charge in [0.05, 0.1) is 66.2 Å². The molecule has 7 aliphatic heterocycles. The van der Waals surface area contributed by atoms with E-state index in [9.17, 15) is 60.7 Å². The molecule has 11 aliphatic rings. The third-order valence-corrected chi connectivity index (χ3v) is 22.7. The van der Waals surface area contributed by atoms with E-state index in [1.807, 2.05) is 50.2 Å². The van der Waals surface area contributed by atoms with E-state index in [0.29, 0.717) is 5.02 Å². The van der Waals surface area contributed by atoms with Crippen molar-refractivity contribution in [3.63, 3.8) is 0 Å². The van der Waals surface area contributed by atoms with Crippen LogP contribution in [-0.4, -0.2) is 227 Å². The van der Waals surface area contributed by atoms with Gasteiger partial charge in [-0.3, -0.25) is 33.8 Å². The van der Waals surface area contributed by atoms with Crippen LogP contribution in [0.15, 0.2) is 158 Å². The second-order valence-electron chi connectivity index (χ2n) is 30.4. The number of nitrogens with one attached hydrogen (secondary N) is 7. The summed E-state index contributed by atoms with van der Waals surface area (Å²) in [6.07, 6.45) is -12.8. The number of amidine groups is 1. The van der Waals surface area contributed by atoms with Gasteiger partial charge in [-0.05, 0) is 146 Å². The van der Waals surface area contributed by atoms with E-state index in [1.54, 1.807) is 26.0 Å². The first-order valence-electron chi connectivity index (χ1n) is 37.5. The molecule has 3 fully saturated rings. The van der Waals surface area contributed by atoms with Crippen molar-refractivity contribution >= 4 is 76.1 Å². The van der Waals surface area contributed by atoms with Crippen LogP contribution in [0.25, 0.3) is 11.1 Å². The van der Waals surface area contributed by atoms with Crippen LogP contribution in [0.4, 0.5) is 0 Å². The molecule has 8 unspecified atom stereocenters. The van der Waals surface area contributed by atoms with Crippen molar-refractivity contribution in [1.82, 2.24) is 37.2 Å². The zero-order valence-electron chi connectivity index (χ0n) is 62.7. The van der Waals surface area contributed by atoms with E-state index in [4.69, 9.17) is 79.7 Å². The van der Waals surface area contributed by atoms with Gasteiger partial charge in [-0.15, -0.1) is 11.6 Å². The van der Waals surface area contributed by atoms with Crippen LogP contribution in [0, 0.1) is 11.8 Å². The summed E-state index contributed by atoms with van der Waals surface area (Å²) in [7, 11) is 1.52. The highest BCUT2D eigenvalue weighted by Crippen LogP contribution is 2.48. The van der Waals surface area contributed by atoms with E-state index in [2.05, 4.69) is 37.2 Å². The topological polar surface area (TPSA) is 509 Å². The monoisotopic (exact) mass is 1640 g/mol. The number of carbonyl (C=O) groups excluding carboxylic acids is 6. The number of primary amides is 1. The normalized spacial score (nSPS) is 32.5. The first kappa shape index (κ1) is 84.6. The largest absolute Gasteiger partial charge is 0.512 e. The van der Waals surface area contributed by atoms with Crippen LogP contribution >= 0.6 is 34.8 Å². The van der Waals surface area contributed by atoms with Crippen molar-refractivity contribution in [3.05, 3.63) is 169 Å². The Kier molecular flexibility index (Phi) is 26.5. The minimum Gasteiger partial charge on any atom is -0.512 e. The molecular weight excluding hydrogens is 1550 g/mol. The molecule has 0 aromatic heterocycles. The number of benzene rings is 3. The molecule has 21 atom stereocenters. The lowest BCUT2D eigenvalue weighted by molar-refractivity contribution is -0.334. The Morgan fingerprint density at radius 3 is 2.12 bits per heavy atom. The number of nitrogens with zero attached hydrogens (tertiary/aromatic N) is 1. The highest BCUT2D eigenvalue weighted by molar-refractivity contribution is 6.31. The fraction of sp³-hybridized carbons (Fsp3) is 0.481. The van der Waals surface area contributed by atoms with Gasteiger partial charge < -0.3 is 128 Å². The number of fused-ring (bicyclic) bond motifs is 14. The Morgan fingerprint density at radius 1 is 0.781 bits per heavy atom. The van der Waals surface area contributed by atoms with Gasteiger partial charge in [-0.2, -0.15) is 0 Å². The van der Waals surface area contributed by atoms with E-state index in [0.717, 1.165) is 16.7 Å². The molecular formula is C79H95Cl3N10O22. The van der Waals surface area contributed by atoms with Crippen LogP contribution in [0.3, 0.4) is 0 Å². The SMILES string of the molecule is CN[C@H](CC(C)C)C(=O)N[C@H]1C(=O)N[C@@H](CC(N)=O)C(=O)N[C@H]2C(N)=N[C@H]3C(=O)N[C@H](C(=O)N[C@H](CO)C4=CC(O)CC(O)=C4C4CC3=CC=C4O)[C@H](O)C3=CC=C(Oc4cc2cc(c4O[C@H]2OC(CO)C(O)[C@H](O)C2O[C@H]2CC(C)(NCc4ccc(-c5ccc(Cl)cc5)cc4)[C@H](O)C(C)O2)OC2=C(Cl)C=C(CC2)[C@H]1O)C(Cl)C3.